The van der Waals surface area contributed by atoms with Crippen LogP contribution in [-0.4, -0.2) is 55.5 Å². The minimum atomic E-state index is 0.212. The van der Waals surface area contributed by atoms with Gasteiger partial charge in [-0.2, -0.15) is 0 Å². The highest BCUT2D eigenvalue weighted by molar-refractivity contribution is 5.76. The van der Waals surface area contributed by atoms with E-state index in [1.54, 1.807) is 0 Å². The van der Waals surface area contributed by atoms with Gasteiger partial charge in [-0.3, -0.25) is 4.79 Å². The maximum atomic E-state index is 12.2. The van der Waals surface area contributed by atoms with Crippen LogP contribution in [0.2, 0.25) is 0 Å². The van der Waals surface area contributed by atoms with Crippen molar-refractivity contribution in [1.29, 1.82) is 0 Å². The van der Waals surface area contributed by atoms with Crippen molar-refractivity contribution in [2.45, 2.75) is 19.0 Å². The summed E-state index contributed by atoms with van der Waals surface area (Å²) in [6.07, 6.45) is 0.590. The molecular formula is C15H23N3O. The van der Waals surface area contributed by atoms with Gasteiger partial charge in [-0.15, -0.1) is 0 Å². The van der Waals surface area contributed by atoms with E-state index in [2.05, 4.69) is 29.4 Å². The number of nitrogens with zero attached hydrogens (tertiary/aromatic N) is 2. The van der Waals surface area contributed by atoms with Gasteiger partial charge in [0.25, 0.3) is 0 Å². The van der Waals surface area contributed by atoms with Crippen molar-refractivity contribution in [1.82, 2.24) is 15.1 Å². The Morgan fingerprint density at radius 1 is 1.42 bits per heavy atom. The molecule has 0 spiro atoms. The fourth-order valence-electron chi connectivity index (χ4n) is 2.39. The SMILES string of the molecule is CN(Cc1ccccc1)C(=O)CC1CNCCN1C. The molecule has 1 aliphatic rings. The van der Waals surface area contributed by atoms with Crippen LogP contribution in [0.4, 0.5) is 0 Å². The molecule has 1 heterocycles. The first-order valence-corrected chi connectivity index (χ1v) is 6.85. The van der Waals surface area contributed by atoms with E-state index >= 15 is 0 Å². The standard InChI is InChI=1S/C15H23N3O/c1-17-9-8-16-11-14(17)10-15(19)18(2)12-13-6-4-3-5-7-13/h3-7,14,16H,8-12H2,1-2H3. The number of carbonyl (C=O) groups is 1. The summed E-state index contributed by atoms with van der Waals surface area (Å²) in [6, 6.07) is 10.4. The van der Waals surface area contributed by atoms with Gasteiger partial charge in [-0.1, -0.05) is 30.3 Å². The predicted octanol–water partition coefficient (Wildman–Crippen LogP) is 0.939. The zero-order chi connectivity index (χ0) is 13.7. The van der Waals surface area contributed by atoms with Gasteiger partial charge in [-0.25, -0.2) is 0 Å². The van der Waals surface area contributed by atoms with E-state index in [0.29, 0.717) is 19.0 Å². The highest BCUT2D eigenvalue weighted by Gasteiger charge is 2.22. The number of carbonyl (C=O) groups excluding carboxylic acids is 1. The minimum absolute atomic E-state index is 0.212. The molecule has 4 nitrogen and oxygen atoms in total. The Labute approximate surface area is 115 Å². The summed E-state index contributed by atoms with van der Waals surface area (Å²) < 4.78 is 0. The molecule has 1 atom stereocenters. The van der Waals surface area contributed by atoms with E-state index < -0.39 is 0 Å². The third kappa shape index (κ3) is 4.04. The molecule has 4 heteroatoms. The Balaban J connectivity index is 1.85. The van der Waals surface area contributed by atoms with E-state index in [-0.39, 0.29) is 5.91 Å². The molecule has 0 saturated carbocycles. The molecule has 0 aromatic heterocycles. The number of rotatable bonds is 4. The summed E-state index contributed by atoms with van der Waals surface area (Å²) in [4.78, 5) is 16.3. The van der Waals surface area contributed by atoms with Gasteiger partial charge in [0, 0.05) is 45.7 Å². The topological polar surface area (TPSA) is 35.6 Å². The van der Waals surface area contributed by atoms with E-state index in [9.17, 15) is 4.79 Å². The van der Waals surface area contributed by atoms with Crippen molar-refractivity contribution in [2.24, 2.45) is 0 Å². The molecule has 1 aliphatic heterocycles. The van der Waals surface area contributed by atoms with Crippen LogP contribution in [0.25, 0.3) is 0 Å². The molecule has 1 amide bonds. The summed E-state index contributed by atoms with van der Waals surface area (Å²) in [5.74, 6) is 0.212. The zero-order valence-electron chi connectivity index (χ0n) is 11.8. The highest BCUT2D eigenvalue weighted by Crippen LogP contribution is 2.09. The van der Waals surface area contributed by atoms with Crippen LogP contribution >= 0.6 is 0 Å². The molecule has 1 aromatic carbocycles. The summed E-state index contributed by atoms with van der Waals surface area (Å²) in [5, 5.41) is 3.35. The van der Waals surface area contributed by atoms with Crippen LogP contribution < -0.4 is 5.32 Å². The number of benzene rings is 1. The van der Waals surface area contributed by atoms with Crippen LogP contribution in [0.15, 0.2) is 30.3 Å². The van der Waals surface area contributed by atoms with Crippen molar-refractivity contribution in [3.63, 3.8) is 0 Å². The fraction of sp³-hybridized carbons (Fsp3) is 0.533. The Hall–Kier alpha value is -1.39. The number of amides is 1. The Bertz CT molecular complexity index is 407. The third-order valence-corrected chi connectivity index (χ3v) is 3.74. The van der Waals surface area contributed by atoms with Gasteiger partial charge in [-0.05, 0) is 12.6 Å². The molecule has 0 aliphatic carbocycles. The van der Waals surface area contributed by atoms with Crippen LogP contribution in [0.5, 0.6) is 0 Å². The second-order valence-electron chi connectivity index (χ2n) is 5.28. The van der Waals surface area contributed by atoms with Gasteiger partial charge in [0.05, 0.1) is 0 Å². The number of likely N-dealkylation sites (N-methyl/N-ethyl adjacent to an activating group) is 1. The van der Waals surface area contributed by atoms with Gasteiger partial charge >= 0.3 is 0 Å². The first-order chi connectivity index (χ1) is 9.16. The molecule has 104 valence electrons. The lowest BCUT2D eigenvalue weighted by Gasteiger charge is -2.33. The smallest absolute Gasteiger partial charge is 0.224 e. The lowest BCUT2D eigenvalue weighted by Crippen LogP contribution is -2.51. The average molecular weight is 261 g/mol. The molecule has 1 fully saturated rings. The lowest BCUT2D eigenvalue weighted by molar-refractivity contribution is -0.131. The second kappa shape index (κ2) is 6.68. The van der Waals surface area contributed by atoms with Crippen molar-refractivity contribution < 1.29 is 4.79 Å². The Kier molecular flexibility index (Phi) is 4.93. The van der Waals surface area contributed by atoms with Gasteiger partial charge in [0.15, 0.2) is 0 Å². The van der Waals surface area contributed by atoms with Crippen LogP contribution in [0, 0.1) is 0 Å². The largest absolute Gasteiger partial charge is 0.341 e. The van der Waals surface area contributed by atoms with Crippen molar-refractivity contribution >= 4 is 5.91 Å². The van der Waals surface area contributed by atoms with E-state index in [1.807, 2.05) is 30.1 Å². The second-order valence-corrected chi connectivity index (χ2v) is 5.28. The Morgan fingerprint density at radius 2 is 2.16 bits per heavy atom. The van der Waals surface area contributed by atoms with Crippen molar-refractivity contribution in [2.75, 3.05) is 33.7 Å². The molecular weight excluding hydrogens is 238 g/mol. The molecule has 19 heavy (non-hydrogen) atoms. The number of piperazine rings is 1. The average Bonchev–Trinajstić information content (AvgIpc) is 2.42. The maximum absolute atomic E-state index is 12.2. The van der Waals surface area contributed by atoms with Crippen molar-refractivity contribution in [3.8, 4) is 0 Å². The maximum Gasteiger partial charge on any atom is 0.224 e. The summed E-state index contributed by atoms with van der Waals surface area (Å²) in [7, 11) is 3.97. The molecule has 0 radical (unpaired) electrons. The minimum Gasteiger partial charge on any atom is -0.341 e. The Morgan fingerprint density at radius 3 is 2.84 bits per heavy atom. The predicted molar refractivity (Wildman–Crippen MR) is 76.8 cm³/mol. The van der Waals surface area contributed by atoms with Crippen LogP contribution in [0.3, 0.4) is 0 Å². The van der Waals surface area contributed by atoms with E-state index in [4.69, 9.17) is 0 Å². The third-order valence-electron chi connectivity index (χ3n) is 3.74. The summed E-state index contributed by atoms with van der Waals surface area (Å²) >= 11 is 0. The van der Waals surface area contributed by atoms with Gasteiger partial charge in [0.2, 0.25) is 5.91 Å². The van der Waals surface area contributed by atoms with Crippen molar-refractivity contribution in [3.05, 3.63) is 35.9 Å². The highest BCUT2D eigenvalue weighted by atomic mass is 16.2. The summed E-state index contributed by atoms with van der Waals surface area (Å²) in [5.41, 5.74) is 1.17. The monoisotopic (exact) mass is 261 g/mol. The first-order valence-electron chi connectivity index (χ1n) is 6.85. The summed E-state index contributed by atoms with van der Waals surface area (Å²) in [6.45, 7) is 3.62. The van der Waals surface area contributed by atoms with Crippen LogP contribution in [-0.2, 0) is 11.3 Å². The number of hydrogen-bond donors (Lipinski definition) is 1. The number of nitrogens with one attached hydrogen (secondary N) is 1. The van der Waals surface area contributed by atoms with E-state index in [0.717, 1.165) is 19.6 Å². The van der Waals surface area contributed by atoms with Crippen LogP contribution in [0.1, 0.15) is 12.0 Å². The molecule has 0 bridgehead atoms. The molecule has 1 aromatic rings. The molecule has 1 N–H and O–H groups in total. The normalized spacial score (nSPS) is 20.2. The molecule has 1 unspecified atom stereocenters. The fourth-order valence-corrected chi connectivity index (χ4v) is 2.39. The number of hydrogen-bond acceptors (Lipinski definition) is 3. The quantitative estimate of drug-likeness (QED) is 0.876. The van der Waals surface area contributed by atoms with E-state index in [1.165, 1.54) is 5.56 Å². The lowest BCUT2D eigenvalue weighted by atomic mass is 10.1. The van der Waals surface area contributed by atoms with Gasteiger partial charge < -0.3 is 15.1 Å². The first kappa shape index (κ1) is 14.0. The molecule has 2 rings (SSSR count). The van der Waals surface area contributed by atoms with Gasteiger partial charge in [0.1, 0.15) is 0 Å². The molecule has 1 saturated heterocycles. The zero-order valence-corrected chi connectivity index (χ0v) is 11.8.